The molecule has 1 saturated heterocycles. The molecule has 1 aliphatic rings. The van der Waals surface area contributed by atoms with Gasteiger partial charge in [0.1, 0.15) is 0 Å². The minimum atomic E-state index is 0.542. The van der Waals surface area contributed by atoms with Crippen LogP contribution in [0.25, 0.3) is 0 Å². The third-order valence-corrected chi connectivity index (χ3v) is 5.03. The van der Waals surface area contributed by atoms with Crippen LogP contribution in [0.2, 0.25) is 5.02 Å². The van der Waals surface area contributed by atoms with Gasteiger partial charge in [0.2, 0.25) is 0 Å². The lowest BCUT2D eigenvalue weighted by atomic mass is 10.1. The number of benzene rings is 1. The zero-order chi connectivity index (χ0) is 12.4. The normalized spacial score (nSPS) is 25.1. The Bertz CT molecular complexity index is 397. The van der Waals surface area contributed by atoms with E-state index < -0.39 is 0 Å². The minimum absolute atomic E-state index is 0.542. The maximum atomic E-state index is 6.02. The average molecular weight is 271 g/mol. The fourth-order valence-electron chi connectivity index (χ4n) is 2.27. The van der Waals surface area contributed by atoms with Crippen molar-refractivity contribution in [2.75, 3.05) is 17.2 Å². The molecule has 1 aliphatic heterocycles. The Morgan fingerprint density at radius 3 is 2.94 bits per heavy atom. The molecule has 0 bridgehead atoms. The molecule has 94 valence electrons. The zero-order valence-corrected chi connectivity index (χ0v) is 11.9. The van der Waals surface area contributed by atoms with E-state index in [1.54, 1.807) is 0 Å². The molecule has 0 saturated carbocycles. The molecular formula is C13H19ClN2S. The molecule has 2 unspecified atom stereocenters. The molecule has 0 amide bonds. The van der Waals surface area contributed by atoms with Crippen LogP contribution < -0.4 is 10.6 Å². The van der Waals surface area contributed by atoms with Crippen molar-refractivity contribution in [3.63, 3.8) is 0 Å². The number of nitrogens with two attached hydrogens (primary N) is 1. The predicted octanol–water partition coefficient (Wildman–Crippen LogP) is 3.13. The Morgan fingerprint density at radius 2 is 2.24 bits per heavy atom. The van der Waals surface area contributed by atoms with E-state index in [0.717, 1.165) is 17.1 Å². The molecule has 0 radical (unpaired) electrons. The number of rotatable bonds is 2. The first-order chi connectivity index (χ1) is 8.13. The van der Waals surface area contributed by atoms with E-state index in [2.05, 4.69) is 24.8 Å². The van der Waals surface area contributed by atoms with Gasteiger partial charge in [-0.2, -0.15) is 11.8 Å². The lowest BCUT2D eigenvalue weighted by Gasteiger charge is -2.40. The molecule has 1 aromatic carbocycles. The Hall–Kier alpha value is -0.380. The summed E-state index contributed by atoms with van der Waals surface area (Å²) >= 11 is 8.06. The van der Waals surface area contributed by atoms with Gasteiger partial charge in [0.15, 0.2) is 0 Å². The number of hydrogen-bond acceptors (Lipinski definition) is 3. The molecule has 17 heavy (non-hydrogen) atoms. The summed E-state index contributed by atoms with van der Waals surface area (Å²) in [6, 6.07) is 6.58. The second kappa shape index (κ2) is 5.51. The van der Waals surface area contributed by atoms with Gasteiger partial charge in [0, 0.05) is 40.8 Å². The molecule has 0 aromatic heterocycles. The smallest absolute Gasteiger partial charge is 0.0415 e. The number of nitrogens with zero attached hydrogens (tertiary/aromatic N) is 1. The van der Waals surface area contributed by atoms with Gasteiger partial charge in [-0.1, -0.05) is 18.5 Å². The topological polar surface area (TPSA) is 29.3 Å². The molecule has 0 spiro atoms. The van der Waals surface area contributed by atoms with Crippen molar-refractivity contribution < 1.29 is 0 Å². The molecule has 0 aliphatic carbocycles. The monoisotopic (exact) mass is 270 g/mol. The van der Waals surface area contributed by atoms with E-state index in [9.17, 15) is 0 Å². The van der Waals surface area contributed by atoms with Crippen molar-refractivity contribution in [3.05, 3.63) is 28.8 Å². The molecule has 2 atom stereocenters. The first kappa shape index (κ1) is 13.1. The summed E-state index contributed by atoms with van der Waals surface area (Å²) < 4.78 is 0. The molecule has 2 rings (SSSR count). The summed E-state index contributed by atoms with van der Waals surface area (Å²) in [5.41, 5.74) is 8.20. The Balaban J connectivity index is 2.32. The van der Waals surface area contributed by atoms with Crippen LogP contribution in [-0.2, 0) is 6.54 Å². The highest BCUT2D eigenvalue weighted by molar-refractivity contribution is 8.00. The van der Waals surface area contributed by atoms with Crippen LogP contribution in [-0.4, -0.2) is 23.6 Å². The lowest BCUT2D eigenvalue weighted by Crippen LogP contribution is -2.45. The van der Waals surface area contributed by atoms with E-state index in [1.807, 2.05) is 23.9 Å². The molecule has 1 heterocycles. The largest absolute Gasteiger partial charge is 0.367 e. The van der Waals surface area contributed by atoms with E-state index >= 15 is 0 Å². The molecule has 2 nitrogen and oxygen atoms in total. The zero-order valence-electron chi connectivity index (χ0n) is 10.3. The highest BCUT2D eigenvalue weighted by Crippen LogP contribution is 2.32. The van der Waals surface area contributed by atoms with Gasteiger partial charge in [-0.3, -0.25) is 0 Å². The summed E-state index contributed by atoms with van der Waals surface area (Å²) in [6.07, 6.45) is 0. The van der Waals surface area contributed by atoms with E-state index in [-0.39, 0.29) is 0 Å². The first-order valence-corrected chi connectivity index (χ1v) is 7.43. The third kappa shape index (κ3) is 2.72. The van der Waals surface area contributed by atoms with Crippen LogP contribution in [0.1, 0.15) is 19.4 Å². The number of hydrogen-bond donors (Lipinski definition) is 1. The predicted molar refractivity (Wildman–Crippen MR) is 78.1 cm³/mol. The van der Waals surface area contributed by atoms with E-state index in [4.69, 9.17) is 17.3 Å². The minimum Gasteiger partial charge on any atom is -0.367 e. The fourth-order valence-corrected chi connectivity index (χ4v) is 3.56. The number of anilines is 1. The average Bonchev–Trinajstić information content (AvgIpc) is 2.33. The Morgan fingerprint density at radius 1 is 1.47 bits per heavy atom. The summed E-state index contributed by atoms with van der Waals surface area (Å²) in [5.74, 6) is 1.18. The van der Waals surface area contributed by atoms with Crippen LogP contribution >= 0.6 is 23.4 Å². The van der Waals surface area contributed by atoms with Crippen molar-refractivity contribution in [3.8, 4) is 0 Å². The molecule has 4 heteroatoms. The van der Waals surface area contributed by atoms with Crippen molar-refractivity contribution in [2.24, 2.45) is 5.73 Å². The number of halogens is 1. The highest BCUT2D eigenvalue weighted by Gasteiger charge is 2.26. The Kier molecular flexibility index (Phi) is 4.23. The van der Waals surface area contributed by atoms with Gasteiger partial charge in [-0.15, -0.1) is 0 Å². The highest BCUT2D eigenvalue weighted by atomic mass is 35.5. The summed E-state index contributed by atoms with van der Waals surface area (Å²) in [6.45, 7) is 6.21. The lowest BCUT2D eigenvalue weighted by molar-refractivity contribution is 0.625. The van der Waals surface area contributed by atoms with Crippen molar-refractivity contribution in [1.82, 2.24) is 0 Å². The molecule has 2 N–H and O–H groups in total. The van der Waals surface area contributed by atoms with E-state index in [0.29, 0.717) is 17.8 Å². The van der Waals surface area contributed by atoms with Crippen LogP contribution in [0.5, 0.6) is 0 Å². The molecule has 1 fully saturated rings. The number of thioether (sulfide) groups is 1. The quantitative estimate of drug-likeness (QED) is 0.895. The third-order valence-electron chi connectivity index (χ3n) is 3.45. The van der Waals surface area contributed by atoms with Gasteiger partial charge in [-0.25, -0.2) is 0 Å². The summed E-state index contributed by atoms with van der Waals surface area (Å²) in [4.78, 5) is 2.46. The van der Waals surface area contributed by atoms with Crippen molar-refractivity contribution >= 4 is 29.1 Å². The maximum Gasteiger partial charge on any atom is 0.0415 e. The Labute approximate surface area is 113 Å². The van der Waals surface area contributed by atoms with Gasteiger partial charge < -0.3 is 10.6 Å². The summed E-state index contributed by atoms with van der Waals surface area (Å²) in [5, 5.41) is 1.42. The van der Waals surface area contributed by atoms with E-state index in [1.165, 1.54) is 11.4 Å². The first-order valence-electron chi connectivity index (χ1n) is 6.00. The maximum absolute atomic E-state index is 6.02. The molecule has 1 aromatic rings. The second-order valence-electron chi connectivity index (χ2n) is 4.49. The molecular weight excluding hydrogens is 252 g/mol. The SMILES string of the molecule is CC1SCCN(c2ccc(Cl)cc2CN)C1C. The van der Waals surface area contributed by atoms with Gasteiger partial charge in [0.25, 0.3) is 0 Å². The van der Waals surface area contributed by atoms with Crippen molar-refractivity contribution in [2.45, 2.75) is 31.7 Å². The van der Waals surface area contributed by atoms with Crippen LogP contribution in [0, 0.1) is 0 Å². The van der Waals surface area contributed by atoms with Crippen LogP contribution in [0.4, 0.5) is 5.69 Å². The van der Waals surface area contributed by atoms with Crippen LogP contribution in [0.3, 0.4) is 0 Å². The van der Waals surface area contributed by atoms with Gasteiger partial charge >= 0.3 is 0 Å². The summed E-state index contributed by atoms with van der Waals surface area (Å²) in [7, 11) is 0. The van der Waals surface area contributed by atoms with Crippen molar-refractivity contribution in [1.29, 1.82) is 0 Å². The van der Waals surface area contributed by atoms with Gasteiger partial charge in [-0.05, 0) is 30.7 Å². The standard InChI is InChI=1S/C13H19ClN2S/c1-9-10(2)17-6-5-16(9)13-4-3-12(14)7-11(13)8-15/h3-4,7,9-10H,5-6,8,15H2,1-2H3. The second-order valence-corrected chi connectivity index (χ2v) is 6.41. The van der Waals surface area contributed by atoms with Crippen LogP contribution in [0.15, 0.2) is 18.2 Å². The van der Waals surface area contributed by atoms with Gasteiger partial charge in [0.05, 0.1) is 0 Å². The fraction of sp³-hybridized carbons (Fsp3) is 0.538.